The number of amides is 1. The standard InChI is InChI=1S/C22H18N4O2S/c1-14-6-7-17(20-5-3-4-12-23-20)13-19(14)16-8-10-18(11-9-16)24-22(27)28-21-15(2)25-26-29-21/h3-13H,1-2H3,(H,24,27). The van der Waals surface area contributed by atoms with Crippen molar-refractivity contribution in [3.8, 4) is 27.4 Å². The second kappa shape index (κ2) is 8.20. The van der Waals surface area contributed by atoms with E-state index in [1.807, 2.05) is 42.5 Å². The molecule has 0 saturated heterocycles. The van der Waals surface area contributed by atoms with Crippen LogP contribution in [0.3, 0.4) is 0 Å². The first kappa shape index (κ1) is 18.8. The lowest BCUT2D eigenvalue weighted by molar-refractivity contribution is 0.216. The number of hydrogen-bond acceptors (Lipinski definition) is 6. The van der Waals surface area contributed by atoms with Crippen LogP contribution in [0, 0.1) is 13.8 Å². The number of pyridine rings is 1. The molecule has 7 heteroatoms. The van der Waals surface area contributed by atoms with Crippen LogP contribution in [0.4, 0.5) is 10.5 Å². The number of aryl methyl sites for hydroxylation is 2. The van der Waals surface area contributed by atoms with Crippen LogP contribution >= 0.6 is 11.5 Å². The van der Waals surface area contributed by atoms with Crippen molar-refractivity contribution in [3.63, 3.8) is 0 Å². The van der Waals surface area contributed by atoms with Gasteiger partial charge in [-0.3, -0.25) is 10.3 Å². The molecule has 0 aliphatic heterocycles. The smallest absolute Gasteiger partial charge is 0.395 e. The molecule has 0 aliphatic carbocycles. The molecular weight excluding hydrogens is 384 g/mol. The Balaban J connectivity index is 1.52. The molecule has 4 rings (SSSR count). The summed E-state index contributed by atoms with van der Waals surface area (Å²) in [5.74, 6) is 0. The van der Waals surface area contributed by atoms with Crippen LogP contribution in [-0.2, 0) is 0 Å². The normalized spacial score (nSPS) is 10.6. The molecule has 0 radical (unpaired) electrons. The number of nitrogens with one attached hydrogen (secondary N) is 1. The van der Waals surface area contributed by atoms with Crippen LogP contribution in [0.2, 0.25) is 0 Å². The molecule has 0 bridgehead atoms. The van der Waals surface area contributed by atoms with E-state index in [9.17, 15) is 4.79 Å². The summed E-state index contributed by atoms with van der Waals surface area (Å²) in [6.45, 7) is 3.81. The van der Waals surface area contributed by atoms with Crippen molar-refractivity contribution in [2.24, 2.45) is 0 Å². The lowest BCUT2D eigenvalue weighted by Crippen LogP contribution is -2.16. The zero-order valence-corrected chi connectivity index (χ0v) is 16.7. The van der Waals surface area contributed by atoms with E-state index in [4.69, 9.17) is 4.74 Å². The largest absolute Gasteiger partial charge is 0.418 e. The Kier molecular flexibility index (Phi) is 5.31. The maximum Gasteiger partial charge on any atom is 0.418 e. The zero-order chi connectivity index (χ0) is 20.2. The van der Waals surface area contributed by atoms with Gasteiger partial charge in [0.1, 0.15) is 5.69 Å². The third-order valence-electron chi connectivity index (χ3n) is 4.44. The number of anilines is 1. The molecule has 4 aromatic rings. The van der Waals surface area contributed by atoms with E-state index in [-0.39, 0.29) is 0 Å². The highest BCUT2D eigenvalue weighted by molar-refractivity contribution is 7.07. The fraction of sp³-hybridized carbons (Fsp3) is 0.0909. The van der Waals surface area contributed by atoms with E-state index in [1.165, 1.54) is 0 Å². The van der Waals surface area contributed by atoms with Gasteiger partial charge in [0.15, 0.2) is 0 Å². The molecule has 1 amide bonds. The average Bonchev–Trinajstić information content (AvgIpc) is 3.14. The van der Waals surface area contributed by atoms with Crippen molar-refractivity contribution in [3.05, 3.63) is 78.1 Å². The van der Waals surface area contributed by atoms with Gasteiger partial charge in [-0.15, -0.1) is 5.10 Å². The Labute approximate surface area is 172 Å². The summed E-state index contributed by atoms with van der Waals surface area (Å²) in [7, 11) is 0. The van der Waals surface area contributed by atoms with Crippen LogP contribution in [0.15, 0.2) is 66.9 Å². The van der Waals surface area contributed by atoms with Gasteiger partial charge in [-0.25, -0.2) is 4.79 Å². The molecule has 144 valence electrons. The summed E-state index contributed by atoms with van der Waals surface area (Å²) in [6, 6.07) is 19.8. The van der Waals surface area contributed by atoms with Gasteiger partial charge in [0.2, 0.25) is 5.06 Å². The van der Waals surface area contributed by atoms with Gasteiger partial charge >= 0.3 is 6.09 Å². The second-order valence-corrected chi connectivity index (χ2v) is 7.20. The quantitative estimate of drug-likeness (QED) is 0.488. The topological polar surface area (TPSA) is 77.0 Å². The SMILES string of the molecule is Cc1ccc(-c2ccccn2)cc1-c1ccc(NC(=O)Oc2snnc2C)cc1. The Hall–Kier alpha value is -3.58. The molecule has 0 fully saturated rings. The highest BCUT2D eigenvalue weighted by Gasteiger charge is 2.11. The Morgan fingerprint density at radius 1 is 1.00 bits per heavy atom. The van der Waals surface area contributed by atoms with E-state index in [1.54, 1.807) is 13.1 Å². The van der Waals surface area contributed by atoms with Crippen molar-refractivity contribution in [1.29, 1.82) is 0 Å². The lowest BCUT2D eigenvalue weighted by Gasteiger charge is -2.11. The monoisotopic (exact) mass is 402 g/mol. The lowest BCUT2D eigenvalue weighted by atomic mass is 9.97. The maximum atomic E-state index is 12.1. The second-order valence-electron chi connectivity index (χ2n) is 6.48. The van der Waals surface area contributed by atoms with E-state index < -0.39 is 6.09 Å². The summed E-state index contributed by atoms with van der Waals surface area (Å²) < 4.78 is 8.97. The van der Waals surface area contributed by atoms with Crippen LogP contribution in [0.5, 0.6) is 5.06 Å². The van der Waals surface area contributed by atoms with Crippen LogP contribution < -0.4 is 10.1 Å². The summed E-state index contributed by atoms with van der Waals surface area (Å²) in [5.41, 5.74) is 6.57. The number of carbonyl (C=O) groups is 1. The first-order chi connectivity index (χ1) is 14.1. The predicted molar refractivity (Wildman–Crippen MR) is 114 cm³/mol. The molecule has 29 heavy (non-hydrogen) atoms. The third-order valence-corrected chi connectivity index (χ3v) is 5.14. The molecule has 0 spiro atoms. The molecule has 1 N–H and O–H groups in total. The number of benzene rings is 2. The number of ether oxygens (including phenoxy) is 1. The van der Waals surface area contributed by atoms with Gasteiger partial charge in [-0.1, -0.05) is 34.8 Å². The van der Waals surface area contributed by atoms with E-state index >= 15 is 0 Å². The molecule has 0 saturated carbocycles. The minimum Gasteiger partial charge on any atom is -0.395 e. The van der Waals surface area contributed by atoms with Gasteiger partial charge < -0.3 is 4.74 Å². The molecule has 0 atom stereocenters. The zero-order valence-electron chi connectivity index (χ0n) is 15.9. The summed E-state index contributed by atoms with van der Waals surface area (Å²) >= 11 is 1.04. The Morgan fingerprint density at radius 3 is 2.48 bits per heavy atom. The molecule has 2 aromatic carbocycles. The van der Waals surface area contributed by atoms with Crippen LogP contribution in [0.1, 0.15) is 11.3 Å². The Morgan fingerprint density at radius 2 is 1.79 bits per heavy atom. The average molecular weight is 402 g/mol. The van der Waals surface area contributed by atoms with Crippen molar-refractivity contribution in [2.45, 2.75) is 13.8 Å². The van der Waals surface area contributed by atoms with Gasteiger partial charge in [0.05, 0.1) is 5.69 Å². The first-order valence-corrected chi connectivity index (χ1v) is 9.78. The van der Waals surface area contributed by atoms with Crippen molar-refractivity contribution in [1.82, 2.24) is 14.6 Å². The van der Waals surface area contributed by atoms with Crippen LogP contribution in [0.25, 0.3) is 22.4 Å². The number of rotatable bonds is 4. The van der Waals surface area contributed by atoms with Gasteiger partial charge in [0, 0.05) is 29.0 Å². The highest BCUT2D eigenvalue weighted by Crippen LogP contribution is 2.29. The minimum absolute atomic E-state index is 0.390. The molecule has 0 unspecified atom stereocenters. The fourth-order valence-corrected chi connectivity index (χ4v) is 3.43. The number of nitrogens with zero attached hydrogens (tertiary/aromatic N) is 3. The summed E-state index contributed by atoms with van der Waals surface area (Å²) in [5, 5.41) is 6.93. The number of aromatic nitrogens is 3. The first-order valence-electron chi connectivity index (χ1n) is 9.00. The Bertz CT molecular complexity index is 1140. The molecular formula is C22H18N4O2S. The number of hydrogen-bond donors (Lipinski definition) is 1. The highest BCUT2D eigenvalue weighted by atomic mass is 32.1. The number of carbonyl (C=O) groups excluding carboxylic acids is 1. The molecule has 2 aromatic heterocycles. The maximum absolute atomic E-state index is 12.1. The third kappa shape index (κ3) is 4.30. The van der Waals surface area contributed by atoms with Crippen molar-refractivity contribution in [2.75, 3.05) is 5.32 Å². The van der Waals surface area contributed by atoms with Gasteiger partial charge in [0.25, 0.3) is 0 Å². The van der Waals surface area contributed by atoms with E-state index in [2.05, 4.69) is 45.0 Å². The van der Waals surface area contributed by atoms with E-state index in [0.29, 0.717) is 16.4 Å². The van der Waals surface area contributed by atoms with Crippen molar-refractivity contribution >= 4 is 23.3 Å². The van der Waals surface area contributed by atoms with E-state index in [0.717, 1.165) is 39.5 Å². The summed E-state index contributed by atoms with van der Waals surface area (Å²) in [6.07, 6.45) is 1.22. The molecule has 0 aliphatic rings. The molecule has 6 nitrogen and oxygen atoms in total. The fourth-order valence-electron chi connectivity index (χ4n) is 2.90. The predicted octanol–water partition coefficient (Wildman–Crippen LogP) is 5.49. The molecule has 2 heterocycles. The van der Waals surface area contributed by atoms with Crippen molar-refractivity contribution < 1.29 is 9.53 Å². The summed E-state index contributed by atoms with van der Waals surface area (Å²) in [4.78, 5) is 16.5. The van der Waals surface area contributed by atoms with Crippen LogP contribution in [-0.4, -0.2) is 20.7 Å². The minimum atomic E-state index is -0.569. The van der Waals surface area contributed by atoms with Gasteiger partial charge in [-0.05, 0) is 60.9 Å². The van der Waals surface area contributed by atoms with Gasteiger partial charge in [-0.2, -0.15) is 0 Å².